The van der Waals surface area contributed by atoms with Crippen molar-refractivity contribution in [2.45, 2.75) is 26.4 Å². The fourth-order valence-corrected chi connectivity index (χ4v) is 4.85. The van der Waals surface area contributed by atoms with Crippen molar-refractivity contribution in [3.05, 3.63) is 71.3 Å². The van der Waals surface area contributed by atoms with E-state index in [1.807, 2.05) is 28.8 Å². The lowest BCUT2D eigenvalue weighted by Gasteiger charge is -2.25. The number of rotatable bonds is 5. The molecule has 1 N–H and O–H groups in total. The Bertz CT molecular complexity index is 1090. The monoisotopic (exact) mass is 417 g/mol. The zero-order chi connectivity index (χ0) is 21.4. The highest BCUT2D eigenvalue weighted by molar-refractivity contribution is 6.01. The molecule has 1 aromatic heterocycles. The average molecular weight is 418 g/mol. The van der Waals surface area contributed by atoms with Gasteiger partial charge in [0.25, 0.3) is 5.91 Å². The van der Waals surface area contributed by atoms with Gasteiger partial charge in [0.05, 0.1) is 7.11 Å². The smallest absolute Gasteiger partial charge is 0.293 e. The van der Waals surface area contributed by atoms with Gasteiger partial charge in [-0.2, -0.15) is 0 Å². The summed E-state index contributed by atoms with van der Waals surface area (Å²) in [6.07, 6.45) is 0.873. The average Bonchev–Trinajstić information content (AvgIpc) is 3.35. The molecule has 31 heavy (non-hydrogen) atoms. The Hall–Kier alpha value is -3.19. The van der Waals surface area contributed by atoms with Gasteiger partial charge in [-0.15, -0.1) is 10.2 Å². The summed E-state index contributed by atoms with van der Waals surface area (Å²) in [6, 6.07) is 16.0. The number of nitrogens with one attached hydrogen (secondary N) is 1. The van der Waals surface area contributed by atoms with Crippen molar-refractivity contribution in [2.75, 3.05) is 25.5 Å². The number of carbonyl (C=O) groups is 1. The minimum atomic E-state index is -0.225. The van der Waals surface area contributed by atoms with Gasteiger partial charge >= 0.3 is 0 Å². The molecule has 5 rings (SSSR count). The van der Waals surface area contributed by atoms with Gasteiger partial charge in [-0.25, -0.2) is 0 Å². The number of amides is 1. The largest absolute Gasteiger partial charge is 0.497 e. The minimum Gasteiger partial charge on any atom is -0.497 e. The van der Waals surface area contributed by atoms with Crippen LogP contribution in [0.2, 0.25) is 0 Å². The number of aromatic nitrogens is 3. The summed E-state index contributed by atoms with van der Waals surface area (Å²) >= 11 is 0. The van der Waals surface area contributed by atoms with E-state index in [2.05, 4.69) is 51.6 Å². The molecule has 2 atom stereocenters. The van der Waals surface area contributed by atoms with Crippen molar-refractivity contribution in [1.29, 1.82) is 0 Å². The highest BCUT2D eigenvalue weighted by atomic mass is 16.5. The molecule has 3 aromatic rings. The Morgan fingerprint density at radius 2 is 1.90 bits per heavy atom. The molecule has 3 heterocycles. The molecule has 1 amide bonds. The van der Waals surface area contributed by atoms with Gasteiger partial charge in [0.1, 0.15) is 11.6 Å². The second-order valence-electron chi connectivity index (χ2n) is 8.64. The summed E-state index contributed by atoms with van der Waals surface area (Å²) in [4.78, 5) is 15.4. The third-order valence-corrected chi connectivity index (χ3v) is 6.38. The second kappa shape index (κ2) is 8.15. The van der Waals surface area contributed by atoms with E-state index in [1.165, 1.54) is 11.1 Å². The number of methoxy groups -OCH3 is 1. The third-order valence-electron chi connectivity index (χ3n) is 6.38. The van der Waals surface area contributed by atoms with E-state index in [4.69, 9.17) is 4.74 Å². The first-order valence-electron chi connectivity index (χ1n) is 10.7. The molecule has 0 saturated carbocycles. The van der Waals surface area contributed by atoms with E-state index in [0.717, 1.165) is 44.2 Å². The maximum atomic E-state index is 12.9. The molecule has 0 bridgehead atoms. The molecule has 2 aliphatic heterocycles. The summed E-state index contributed by atoms with van der Waals surface area (Å²) in [5.41, 5.74) is 3.37. The van der Waals surface area contributed by atoms with Crippen LogP contribution in [0.5, 0.6) is 5.75 Å². The number of fused-ring (bicyclic) bond motifs is 2. The van der Waals surface area contributed by atoms with E-state index >= 15 is 0 Å². The van der Waals surface area contributed by atoms with Crippen molar-refractivity contribution < 1.29 is 9.53 Å². The Morgan fingerprint density at radius 3 is 2.68 bits per heavy atom. The summed E-state index contributed by atoms with van der Waals surface area (Å²) in [5, 5.41) is 11.5. The summed E-state index contributed by atoms with van der Waals surface area (Å²) in [6.45, 7) is 6.01. The lowest BCUT2D eigenvalue weighted by Crippen LogP contribution is -2.31. The molecule has 0 aliphatic carbocycles. The molecule has 0 radical (unpaired) electrons. The maximum Gasteiger partial charge on any atom is 0.293 e. The molecule has 2 aromatic carbocycles. The molecular formula is C24H27N5O2. The fourth-order valence-electron chi connectivity index (χ4n) is 4.85. The van der Waals surface area contributed by atoms with Crippen LogP contribution < -0.4 is 10.1 Å². The molecular weight excluding hydrogens is 390 g/mol. The van der Waals surface area contributed by atoms with E-state index < -0.39 is 0 Å². The topological polar surface area (TPSA) is 72.3 Å². The number of aryl methyl sites for hydroxylation is 1. The fraction of sp³-hybridized carbons (Fsp3) is 0.375. The Kier molecular flexibility index (Phi) is 5.19. The van der Waals surface area contributed by atoms with Crippen LogP contribution in [0.1, 0.15) is 27.6 Å². The number of nitrogens with zero attached hydrogens (tertiary/aromatic N) is 4. The normalized spacial score (nSPS) is 20.2. The molecule has 1 saturated heterocycles. The highest BCUT2D eigenvalue weighted by Crippen LogP contribution is 2.33. The standard InChI is InChI=1S/C24H27N5O2/c1-16-4-3-5-17(10-16)12-28-13-18-11-22-26-27-23(29(22)15-19(18)14-28)24(30)25-20-6-8-21(31-2)9-7-20/h3-10,18-19H,11-15H2,1-2H3,(H,25,30)/t18-,19-/m0/s1. The van der Waals surface area contributed by atoms with Crippen LogP contribution in [-0.4, -0.2) is 45.8 Å². The molecule has 1 fully saturated rings. The van der Waals surface area contributed by atoms with Crippen LogP contribution in [0.15, 0.2) is 48.5 Å². The third kappa shape index (κ3) is 4.05. The molecule has 7 nitrogen and oxygen atoms in total. The van der Waals surface area contributed by atoms with Crippen molar-refractivity contribution >= 4 is 11.6 Å². The number of likely N-dealkylation sites (tertiary alicyclic amines) is 1. The van der Waals surface area contributed by atoms with Gasteiger partial charge in [0.2, 0.25) is 5.82 Å². The summed E-state index contributed by atoms with van der Waals surface area (Å²) in [5.74, 6) is 2.91. The predicted molar refractivity (Wildman–Crippen MR) is 118 cm³/mol. The van der Waals surface area contributed by atoms with Gasteiger partial charge in [-0.3, -0.25) is 9.69 Å². The van der Waals surface area contributed by atoms with E-state index in [0.29, 0.717) is 23.3 Å². The van der Waals surface area contributed by atoms with E-state index in [9.17, 15) is 4.79 Å². The van der Waals surface area contributed by atoms with Crippen molar-refractivity contribution in [2.24, 2.45) is 11.8 Å². The zero-order valence-electron chi connectivity index (χ0n) is 17.9. The number of carbonyl (C=O) groups excluding carboxylic acids is 1. The lowest BCUT2D eigenvalue weighted by molar-refractivity contribution is 0.100. The minimum absolute atomic E-state index is 0.225. The van der Waals surface area contributed by atoms with Gasteiger partial charge in [0, 0.05) is 38.3 Å². The number of benzene rings is 2. The number of hydrogen-bond donors (Lipinski definition) is 1. The first kappa shape index (κ1) is 19.8. The van der Waals surface area contributed by atoms with Crippen LogP contribution >= 0.6 is 0 Å². The van der Waals surface area contributed by atoms with Gasteiger partial charge in [-0.1, -0.05) is 29.8 Å². The second-order valence-corrected chi connectivity index (χ2v) is 8.64. The Labute approximate surface area is 182 Å². The summed E-state index contributed by atoms with van der Waals surface area (Å²) < 4.78 is 7.18. The molecule has 7 heteroatoms. The van der Waals surface area contributed by atoms with Crippen LogP contribution in [0.4, 0.5) is 5.69 Å². The van der Waals surface area contributed by atoms with Gasteiger partial charge in [0.15, 0.2) is 0 Å². The number of anilines is 1. The first-order chi connectivity index (χ1) is 15.1. The number of ether oxygens (including phenoxy) is 1. The molecule has 160 valence electrons. The van der Waals surface area contributed by atoms with Crippen molar-refractivity contribution in [3.63, 3.8) is 0 Å². The highest BCUT2D eigenvalue weighted by Gasteiger charge is 2.39. The van der Waals surface area contributed by atoms with Crippen LogP contribution in [0.3, 0.4) is 0 Å². The van der Waals surface area contributed by atoms with Crippen LogP contribution in [0.25, 0.3) is 0 Å². The van der Waals surface area contributed by atoms with E-state index in [-0.39, 0.29) is 5.91 Å². The Balaban J connectivity index is 1.26. The van der Waals surface area contributed by atoms with Crippen LogP contribution in [-0.2, 0) is 19.5 Å². The first-order valence-corrected chi connectivity index (χ1v) is 10.7. The molecule has 0 spiro atoms. The maximum absolute atomic E-state index is 12.9. The molecule has 0 unspecified atom stereocenters. The summed E-state index contributed by atoms with van der Waals surface area (Å²) in [7, 11) is 1.62. The van der Waals surface area contributed by atoms with Gasteiger partial charge in [-0.05, 0) is 48.6 Å². The van der Waals surface area contributed by atoms with Crippen molar-refractivity contribution in [1.82, 2.24) is 19.7 Å². The van der Waals surface area contributed by atoms with Crippen molar-refractivity contribution in [3.8, 4) is 5.75 Å². The zero-order valence-corrected chi connectivity index (χ0v) is 17.9. The quantitative estimate of drug-likeness (QED) is 0.691. The molecule has 2 aliphatic rings. The van der Waals surface area contributed by atoms with Crippen LogP contribution in [0, 0.1) is 18.8 Å². The SMILES string of the molecule is COc1ccc(NC(=O)c2nnc3n2C[C@@H]2CN(Cc4cccc(C)c4)C[C@@H]2C3)cc1. The Morgan fingerprint density at radius 1 is 1.10 bits per heavy atom. The van der Waals surface area contributed by atoms with Gasteiger partial charge < -0.3 is 14.6 Å². The van der Waals surface area contributed by atoms with E-state index in [1.54, 1.807) is 7.11 Å². The lowest BCUT2D eigenvalue weighted by atomic mass is 9.89. The number of hydrogen-bond acceptors (Lipinski definition) is 5. The predicted octanol–water partition coefficient (Wildman–Crippen LogP) is 3.15.